The van der Waals surface area contributed by atoms with Gasteiger partial charge in [-0.3, -0.25) is 4.79 Å². The number of fused-ring (bicyclic) bond motifs is 1. The molecule has 0 aliphatic carbocycles. The van der Waals surface area contributed by atoms with Gasteiger partial charge in [0.05, 0.1) is 6.61 Å². The second kappa shape index (κ2) is 6.84. The number of hydrogen-bond donors (Lipinski definition) is 1. The first kappa shape index (κ1) is 16.2. The van der Waals surface area contributed by atoms with Gasteiger partial charge in [0.1, 0.15) is 10.6 Å². The number of carbonyl (C=O) groups is 2. The average molecular weight is 339 g/mol. The van der Waals surface area contributed by atoms with Gasteiger partial charge in [0.25, 0.3) is 5.91 Å². The number of amides is 1. The van der Waals surface area contributed by atoms with Crippen LogP contribution in [0.4, 0.5) is 5.00 Å². The molecule has 1 amide bonds. The van der Waals surface area contributed by atoms with Crippen molar-refractivity contribution in [2.24, 2.45) is 0 Å². The van der Waals surface area contributed by atoms with Crippen LogP contribution in [0, 0.1) is 6.92 Å². The molecule has 2 aromatic carbocycles. The lowest BCUT2D eigenvalue weighted by molar-refractivity contribution is 0.0530. The number of nitrogens with one attached hydrogen (secondary N) is 1. The number of benzene rings is 2. The van der Waals surface area contributed by atoms with Crippen LogP contribution in [0.2, 0.25) is 0 Å². The molecule has 1 heterocycles. The predicted molar refractivity (Wildman–Crippen MR) is 96.9 cm³/mol. The maximum atomic E-state index is 12.6. The smallest absolute Gasteiger partial charge is 0.341 e. The Hall–Kier alpha value is -2.66. The molecule has 4 nitrogen and oxygen atoms in total. The molecule has 0 fully saturated rings. The Balaban J connectivity index is 2.03. The number of ether oxygens (including phenoxy) is 1. The molecular weight excluding hydrogens is 322 g/mol. The number of carbonyl (C=O) groups excluding carboxylic acids is 2. The molecular formula is C19H17NO3S. The molecule has 1 aromatic heterocycles. The Morgan fingerprint density at radius 2 is 1.79 bits per heavy atom. The van der Waals surface area contributed by atoms with E-state index in [0.29, 0.717) is 16.1 Å². The van der Waals surface area contributed by atoms with Crippen LogP contribution in [0.3, 0.4) is 0 Å². The van der Waals surface area contributed by atoms with Crippen LogP contribution in [0.25, 0.3) is 10.1 Å². The van der Waals surface area contributed by atoms with E-state index in [2.05, 4.69) is 5.32 Å². The summed E-state index contributed by atoms with van der Waals surface area (Å²) in [5.41, 5.74) is 1.89. The van der Waals surface area contributed by atoms with E-state index >= 15 is 0 Å². The molecule has 0 radical (unpaired) electrons. The van der Waals surface area contributed by atoms with Crippen LogP contribution in [-0.2, 0) is 4.74 Å². The first-order valence-corrected chi connectivity index (χ1v) is 8.49. The van der Waals surface area contributed by atoms with Crippen molar-refractivity contribution in [3.05, 3.63) is 65.2 Å². The zero-order chi connectivity index (χ0) is 17.1. The lowest BCUT2D eigenvalue weighted by Gasteiger charge is -2.08. The SMILES string of the molecule is CCOC(=O)c1c(NC(=O)c2ccccc2C)sc2ccccc12. The number of anilines is 1. The molecule has 3 aromatic rings. The largest absolute Gasteiger partial charge is 0.462 e. The molecule has 0 aliphatic heterocycles. The quantitative estimate of drug-likeness (QED) is 0.705. The highest BCUT2D eigenvalue weighted by atomic mass is 32.1. The van der Waals surface area contributed by atoms with Gasteiger partial charge < -0.3 is 10.1 Å². The molecule has 0 saturated carbocycles. The van der Waals surface area contributed by atoms with Crippen molar-refractivity contribution < 1.29 is 14.3 Å². The molecule has 122 valence electrons. The third-order valence-electron chi connectivity index (χ3n) is 3.69. The summed E-state index contributed by atoms with van der Waals surface area (Å²) < 4.78 is 6.09. The van der Waals surface area contributed by atoms with Crippen molar-refractivity contribution in [2.75, 3.05) is 11.9 Å². The van der Waals surface area contributed by atoms with Gasteiger partial charge in [-0.1, -0.05) is 36.4 Å². The third-order valence-corrected chi connectivity index (χ3v) is 4.78. The van der Waals surface area contributed by atoms with E-state index < -0.39 is 5.97 Å². The van der Waals surface area contributed by atoms with Gasteiger partial charge >= 0.3 is 5.97 Å². The summed E-state index contributed by atoms with van der Waals surface area (Å²) in [6.45, 7) is 3.93. The molecule has 0 unspecified atom stereocenters. The first-order valence-electron chi connectivity index (χ1n) is 7.67. The summed E-state index contributed by atoms with van der Waals surface area (Å²) >= 11 is 1.37. The molecule has 0 spiro atoms. The predicted octanol–water partition coefficient (Wildman–Crippen LogP) is 4.64. The summed E-state index contributed by atoms with van der Waals surface area (Å²) in [7, 11) is 0. The highest BCUT2D eigenvalue weighted by molar-refractivity contribution is 7.23. The maximum Gasteiger partial charge on any atom is 0.341 e. The fraction of sp³-hybridized carbons (Fsp3) is 0.158. The summed E-state index contributed by atoms with van der Waals surface area (Å²) in [4.78, 5) is 24.9. The van der Waals surface area contributed by atoms with Crippen molar-refractivity contribution in [3.8, 4) is 0 Å². The normalized spacial score (nSPS) is 10.6. The number of rotatable bonds is 4. The van der Waals surface area contributed by atoms with Crippen LogP contribution < -0.4 is 5.32 Å². The van der Waals surface area contributed by atoms with Gasteiger partial charge in [-0.05, 0) is 31.5 Å². The zero-order valence-corrected chi connectivity index (χ0v) is 14.3. The fourth-order valence-electron chi connectivity index (χ4n) is 2.54. The van der Waals surface area contributed by atoms with Gasteiger partial charge in [-0.25, -0.2) is 4.79 Å². The summed E-state index contributed by atoms with van der Waals surface area (Å²) in [5.74, 6) is -0.653. The summed E-state index contributed by atoms with van der Waals surface area (Å²) in [6, 6.07) is 14.9. The molecule has 0 aliphatic rings. The van der Waals surface area contributed by atoms with Crippen LogP contribution in [0.5, 0.6) is 0 Å². The number of esters is 1. The zero-order valence-electron chi connectivity index (χ0n) is 13.5. The van der Waals surface area contributed by atoms with Gasteiger partial charge in [0, 0.05) is 15.6 Å². The van der Waals surface area contributed by atoms with E-state index in [9.17, 15) is 9.59 Å². The Bertz CT molecular complexity index is 914. The molecule has 0 atom stereocenters. The maximum absolute atomic E-state index is 12.6. The standard InChI is InChI=1S/C19H17NO3S/c1-3-23-19(22)16-14-10-6-7-11-15(14)24-18(16)20-17(21)13-9-5-4-8-12(13)2/h4-11H,3H2,1-2H3,(H,20,21). The average Bonchev–Trinajstić information content (AvgIpc) is 2.93. The van der Waals surface area contributed by atoms with E-state index in [0.717, 1.165) is 15.6 Å². The topological polar surface area (TPSA) is 55.4 Å². The Labute approximate surface area is 144 Å². The minimum atomic E-state index is -0.421. The Morgan fingerprint density at radius 3 is 2.54 bits per heavy atom. The molecule has 5 heteroatoms. The van der Waals surface area contributed by atoms with Crippen molar-refractivity contribution in [1.82, 2.24) is 0 Å². The second-order valence-electron chi connectivity index (χ2n) is 5.29. The van der Waals surface area contributed by atoms with Gasteiger partial charge in [0.2, 0.25) is 0 Å². The molecule has 3 rings (SSSR count). The van der Waals surface area contributed by atoms with Crippen molar-refractivity contribution in [1.29, 1.82) is 0 Å². The molecule has 0 bridgehead atoms. The minimum absolute atomic E-state index is 0.231. The minimum Gasteiger partial charge on any atom is -0.462 e. The lowest BCUT2D eigenvalue weighted by atomic mass is 10.1. The number of thiophene rings is 1. The monoisotopic (exact) mass is 339 g/mol. The van der Waals surface area contributed by atoms with Crippen LogP contribution in [0.1, 0.15) is 33.2 Å². The van der Waals surface area contributed by atoms with Gasteiger partial charge in [0.15, 0.2) is 0 Å². The molecule has 24 heavy (non-hydrogen) atoms. The van der Waals surface area contributed by atoms with E-state index in [4.69, 9.17) is 4.74 Å². The van der Waals surface area contributed by atoms with E-state index in [-0.39, 0.29) is 12.5 Å². The summed E-state index contributed by atoms with van der Waals surface area (Å²) in [5, 5.41) is 4.18. The highest BCUT2D eigenvalue weighted by Gasteiger charge is 2.22. The number of aryl methyl sites for hydroxylation is 1. The number of hydrogen-bond acceptors (Lipinski definition) is 4. The second-order valence-corrected chi connectivity index (χ2v) is 6.34. The Morgan fingerprint density at radius 1 is 1.08 bits per heavy atom. The van der Waals surface area contributed by atoms with Gasteiger partial charge in [-0.2, -0.15) is 0 Å². The molecule has 1 N–H and O–H groups in total. The van der Waals surface area contributed by atoms with E-state index in [1.807, 2.05) is 49.4 Å². The lowest BCUT2D eigenvalue weighted by Crippen LogP contribution is -2.15. The van der Waals surface area contributed by atoms with Crippen molar-refractivity contribution in [3.63, 3.8) is 0 Å². The third kappa shape index (κ3) is 3.03. The van der Waals surface area contributed by atoms with E-state index in [1.54, 1.807) is 13.0 Å². The van der Waals surface area contributed by atoms with E-state index in [1.165, 1.54) is 11.3 Å². The molecule has 0 saturated heterocycles. The van der Waals surface area contributed by atoms with Crippen LogP contribution in [0.15, 0.2) is 48.5 Å². The Kier molecular flexibility index (Phi) is 4.62. The summed E-state index contributed by atoms with van der Waals surface area (Å²) in [6.07, 6.45) is 0. The van der Waals surface area contributed by atoms with Crippen molar-refractivity contribution >= 4 is 38.3 Å². The first-order chi connectivity index (χ1) is 11.6. The van der Waals surface area contributed by atoms with Gasteiger partial charge in [-0.15, -0.1) is 11.3 Å². The van der Waals surface area contributed by atoms with Crippen LogP contribution >= 0.6 is 11.3 Å². The fourth-order valence-corrected chi connectivity index (χ4v) is 3.62. The van der Waals surface area contributed by atoms with Crippen LogP contribution in [-0.4, -0.2) is 18.5 Å². The van der Waals surface area contributed by atoms with Crippen molar-refractivity contribution in [2.45, 2.75) is 13.8 Å². The highest BCUT2D eigenvalue weighted by Crippen LogP contribution is 2.36.